The summed E-state index contributed by atoms with van der Waals surface area (Å²) in [5.41, 5.74) is 0.403. The van der Waals surface area contributed by atoms with Crippen LogP contribution in [0.3, 0.4) is 0 Å². The molecule has 1 atom stereocenters. The third-order valence-corrected chi connectivity index (χ3v) is 1.83. The molecule has 1 amide bonds. The van der Waals surface area contributed by atoms with E-state index < -0.39 is 12.1 Å². The number of carboxylic acids is 1. The summed E-state index contributed by atoms with van der Waals surface area (Å²) in [6.07, 6.45) is 0.164. The fourth-order valence-corrected chi connectivity index (χ4v) is 1.01. The predicted octanol–water partition coefficient (Wildman–Crippen LogP) is -0.420. The zero-order valence-corrected chi connectivity index (χ0v) is 7.93. The average Bonchev–Trinajstić information content (AvgIpc) is 2.70. The molecule has 0 aliphatic carbocycles. The number of nitrogens with one attached hydrogen (secondary N) is 2. The van der Waals surface area contributed by atoms with Crippen LogP contribution in [0.5, 0.6) is 0 Å². The molecule has 0 saturated carbocycles. The van der Waals surface area contributed by atoms with Crippen molar-refractivity contribution in [2.45, 2.75) is 12.5 Å². The van der Waals surface area contributed by atoms with Gasteiger partial charge in [-0.3, -0.25) is 4.79 Å². The monoisotopic (exact) mass is 212 g/mol. The Hall–Kier alpha value is -1.82. The second kappa shape index (κ2) is 5.16. The number of hydrogen-bond acceptors (Lipinski definition) is 3. The van der Waals surface area contributed by atoms with Crippen LogP contribution >= 0.6 is 0 Å². The molecule has 6 nitrogen and oxygen atoms in total. The van der Waals surface area contributed by atoms with Gasteiger partial charge in [-0.05, 0) is 12.1 Å². The Morgan fingerprint density at radius 3 is 2.80 bits per heavy atom. The lowest BCUT2D eigenvalue weighted by Crippen LogP contribution is -2.30. The van der Waals surface area contributed by atoms with Crippen LogP contribution in [0.4, 0.5) is 0 Å². The minimum atomic E-state index is -1.44. The number of hydrogen-bond donors (Lipinski definition) is 4. The van der Waals surface area contributed by atoms with Crippen LogP contribution in [0, 0.1) is 0 Å². The second-order valence-electron chi connectivity index (χ2n) is 2.98. The minimum absolute atomic E-state index is 0.0121. The van der Waals surface area contributed by atoms with Crippen molar-refractivity contribution < 1.29 is 19.8 Å². The molecule has 82 valence electrons. The molecule has 1 aromatic rings. The van der Waals surface area contributed by atoms with Crippen molar-refractivity contribution in [3.63, 3.8) is 0 Å². The first-order valence-electron chi connectivity index (χ1n) is 4.43. The molecule has 15 heavy (non-hydrogen) atoms. The van der Waals surface area contributed by atoms with E-state index in [-0.39, 0.29) is 18.9 Å². The van der Waals surface area contributed by atoms with Crippen LogP contribution < -0.4 is 5.32 Å². The predicted molar refractivity (Wildman–Crippen MR) is 51.4 cm³/mol. The molecule has 1 rings (SSSR count). The van der Waals surface area contributed by atoms with Gasteiger partial charge in [0.1, 0.15) is 5.69 Å². The van der Waals surface area contributed by atoms with Gasteiger partial charge in [0.05, 0.1) is 0 Å². The quantitative estimate of drug-likeness (QED) is 0.532. The molecule has 0 bridgehead atoms. The third kappa shape index (κ3) is 3.43. The van der Waals surface area contributed by atoms with Gasteiger partial charge in [-0.15, -0.1) is 0 Å². The molecule has 0 aromatic carbocycles. The number of aromatic amines is 1. The van der Waals surface area contributed by atoms with Gasteiger partial charge < -0.3 is 20.5 Å². The van der Waals surface area contributed by atoms with E-state index in [0.29, 0.717) is 5.69 Å². The number of carbonyl (C=O) groups excluding carboxylic acids is 1. The van der Waals surface area contributed by atoms with Gasteiger partial charge in [-0.1, -0.05) is 0 Å². The van der Waals surface area contributed by atoms with E-state index in [0.717, 1.165) is 0 Å². The highest BCUT2D eigenvalue weighted by Crippen LogP contribution is 1.95. The second-order valence-corrected chi connectivity index (χ2v) is 2.98. The maximum absolute atomic E-state index is 11.3. The van der Waals surface area contributed by atoms with Crippen molar-refractivity contribution in [3.05, 3.63) is 24.0 Å². The van der Waals surface area contributed by atoms with Gasteiger partial charge >= 0.3 is 5.97 Å². The summed E-state index contributed by atoms with van der Waals surface area (Å²) in [5.74, 6) is -1.61. The number of carboxylic acid groups (broad SMARTS) is 1. The van der Waals surface area contributed by atoms with E-state index >= 15 is 0 Å². The summed E-state index contributed by atoms with van der Waals surface area (Å²) in [6, 6.07) is 3.28. The van der Waals surface area contributed by atoms with Crippen LogP contribution in [0.25, 0.3) is 0 Å². The fraction of sp³-hybridized carbons (Fsp3) is 0.333. The zero-order chi connectivity index (χ0) is 11.3. The van der Waals surface area contributed by atoms with Gasteiger partial charge in [0.15, 0.2) is 6.10 Å². The molecule has 0 spiro atoms. The van der Waals surface area contributed by atoms with Crippen molar-refractivity contribution in [2.24, 2.45) is 0 Å². The molecular formula is C9H12N2O4. The highest BCUT2D eigenvalue weighted by atomic mass is 16.4. The van der Waals surface area contributed by atoms with Crippen molar-refractivity contribution >= 4 is 11.9 Å². The van der Waals surface area contributed by atoms with E-state index in [9.17, 15) is 9.59 Å². The zero-order valence-electron chi connectivity index (χ0n) is 7.93. The number of aliphatic carboxylic acids is 1. The van der Waals surface area contributed by atoms with Gasteiger partial charge in [0.2, 0.25) is 0 Å². The highest BCUT2D eigenvalue weighted by molar-refractivity contribution is 5.92. The maximum atomic E-state index is 11.3. The smallest absolute Gasteiger partial charge is 0.332 e. The molecule has 6 heteroatoms. The molecule has 1 unspecified atom stereocenters. The molecule has 0 radical (unpaired) electrons. The number of H-pyrrole nitrogens is 1. The van der Waals surface area contributed by atoms with Crippen LogP contribution in [-0.2, 0) is 4.79 Å². The van der Waals surface area contributed by atoms with Crippen molar-refractivity contribution in [1.29, 1.82) is 0 Å². The largest absolute Gasteiger partial charge is 0.479 e. The normalized spacial score (nSPS) is 12.1. The Bertz CT molecular complexity index is 334. The summed E-state index contributed by atoms with van der Waals surface area (Å²) in [4.78, 5) is 24.2. The lowest BCUT2D eigenvalue weighted by molar-refractivity contribution is -0.146. The van der Waals surface area contributed by atoms with E-state index in [2.05, 4.69) is 10.3 Å². The molecule has 4 N–H and O–H groups in total. The number of aliphatic hydroxyl groups excluding tert-OH is 1. The lowest BCUT2D eigenvalue weighted by atomic mass is 10.2. The van der Waals surface area contributed by atoms with Crippen LogP contribution in [0.1, 0.15) is 16.9 Å². The number of aromatic nitrogens is 1. The van der Waals surface area contributed by atoms with Gasteiger partial charge in [0, 0.05) is 19.2 Å². The summed E-state index contributed by atoms with van der Waals surface area (Å²) in [7, 11) is 0. The minimum Gasteiger partial charge on any atom is -0.479 e. The van der Waals surface area contributed by atoms with E-state index in [1.807, 2.05) is 0 Å². The Balaban J connectivity index is 2.27. The Morgan fingerprint density at radius 2 is 2.27 bits per heavy atom. The summed E-state index contributed by atoms with van der Waals surface area (Å²) >= 11 is 0. The molecule has 1 aromatic heterocycles. The Kier molecular flexibility index (Phi) is 3.87. The van der Waals surface area contributed by atoms with Crippen molar-refractivity contribution in [1.82, 2.24) is 10.3 Å². The van der Waals surface area contributed by atoms with E-state index in [1.165, 1.54) is 0 Å². The standard InChI is InChI=1S/C9H12N2O4/c12-7(9(14)15)3-5-11-8(13)6-2-1-4-10-6/h1-2,4,7,10,12H,3,5H2,(H,11,13)(H,14,15). The average molecular weight is 212 g/mol. The molecular weight excluding hydrogens is 200 g/mol. The van der Waals surface area contributed by atoms with Crippen molar-refractivity contribution in [3.8, 4) is 0 Å². The molecule has 0 aliphatic heterocycles. The summed E-state index contributed by atoms with van der Waals surface area (Å²) in [5, 5.41) is 19.8. The molecule has 0 aliphatic rings. The van der Waals surface area contributed by atoms with Gasteiger partial charge in [-0.2, -0.15) is 0 Å². The van der Waals surface area contributed by atoms with E-state index in [1.54, 1.807) is 18.3 Å². The fourth-order valence-electron chi connectivity index (χ4n) is 1.01. The Labute approximate surface area is 85.9 Å². The number of amides is 1. The number of aliphatic hydroxyl groups is 1. The van der Waals surface area contributed by atoms with Crippen LogP contribution in [-0.4, -0.2) is 39.7 Å². The summed E-state index contributed by atoms with van der Waals surface area (Å²) < 4.78 is 0. The van der Waals surface area contributed by atoms with Gasteiger partial charge in [-0.25, -0.2) is 4.79 Å². The highest BCUT2D eigenvalue weighted by Gasteiger charge is 2.13. The number of rotatable bonds is 5. The van der Waals surface area contributed by atoms with E-state index in [4.69, 9.17) is 10.2 Å². The third-order valence-electron chi connectivity index (χ3n) is 1.83. The van der Waals surface area contributed by atoms with Crippen molar-refractivity contribution in [2.75, 3.05) is 6.54 Å². The lowest BCUT2D eigenvalue weighted by Gasteiger charge is -2.06. The topological polar surface area (TPSA) is 102 Å². The van der Waals surface area contributed by atoms with Gasteiger partial charge in [0.25, 0.3) is 5.91 Å². The number of carbonyl (C=O) groups is 2. The molecule has 0 fully saturated rings. The molecule has 1 heterocycles. The Morgan fingerprint density at radius 1 is 1.53 bits per heavy atom. The SMILES string of the molecule is O=C(NCCC(O)C(=O)O)c1ccc[nH]1. The molecule has 0 saturated heterocycles. The first-order valence-corrected chi connectivity index (χ1v) is 4.43. The first kappa shape index (κ1) is 11.3. The van der Waals surface area contributed by atoms with Crippen LogP contribution in [0.2, 0.25) is 0 Å². The first-order chi connectivity index (χ1) is 7.11. The maximum Gasteiger partial charge on any atom is 0.332 e. The van der Waals surface area contributed by atoms with Crippen LogP contribution in [0.15, 0.2) is 18.3 Å². The summed E-state index contributed by atoms with van der Waals surface area (Å²) in [6.45, 7) is 0.116.